The number of H-pyrrole nitrogens is 1. The molecule has 0 aliphatic heterocycles. The molecule has 4 aromatic rings. The lowest BCUT2D eigenvalue weighted by Gasteiger charge is -2.30. The third-order valence-corrected chi connectivity index (χ3v) is 11.2. The lowest BCUT2D eigenvalue weighted by molar-refractivity contribution is -0.142. The Kier molecular flexibility index (Phi) is 13.6. The summed E-state index contributed by atoms with van der Waals surface area (Å²) in [5, 5.41) is 21.4. The molecule has 2 amide bonds. The van der Waals surface area contributed by atoms with Gasteiger partial charge in [-0.15, -0.1) is 0 Å². The van der Waals surface area contributed by atoms with Crippen molar-refractivity contribution in [3.8, 4) is 0 Å². The van der Waals surface area contributed by atoms with E-state index in [4.69, 9.17) is 5.73 Å². The first-order chi connectivity index (χ1) is 23.4. The first-order valence-corrected chi connectivity index (χ1v) is 18.9. The number of likely N-dealkylation sites (N-methyl/N-ethyl adjacent to an activating group) is 1. The van der Waals surface area contributed by atoms with Gasteiger partial charge in [-0.2, -0.15) is 0 Å². The molecule has 5 atom stereocenters. The normalized spacial score (nSPS) is 15.4. The molecule has 1 aromatic heterocycles. The van der Waals surface area contributed by atoms with Crippen LogP contribution < -0.4 is 21.7 Å². The van der Waals surface area contributed by atoms with Gasteiger partial charge in [0.1, 0.15) is 11.8 Å². The van der Waals surface area contributed by atoms with E-state index in [1.165, 1.54) is 0 Å². The molecule has 0 bridgehead atoms. The van der Waals surface area contributed by atoms with Crippen molar-refractivity contribution in [2.45, 2.75) is 70.2 Å². The summed E-state index contributed by atoms with van der Waals surface area (Å²) in [6, 6.07) is 19.2. The molecule has 1 heterocycles. The average molecular weight is 692 g/mol. The maximum atomic E-state index is 14.4. The molecule has 3 aromatic carbocycles. The number of nitrogens with one attached hydrogen (secondary N) is 4. The van der Waals surface area contributed by atoms with E-state index in [0.717, 1.165) is 39.2 Å². The Bertz CT molecular complexity index is 1770. The maximum absolute atomic E-state index is 14.4. The van der Waals surface area contributed by atoms with Gasteiger partial charge in [-0.05, 0) is 66.7 Å². The second-order valence-corrected chi connectivity index (χ2v) is 15.8. The number of hydrogen-bond donors (Lipinski definition) is 7. The quantitative estimate of drug-likeness (QED) is 0.0541. The largest absolute Gasteiger partial charge is 0.480 e. The maximum Gasteiger partial charge on any atom is 0.326 e. The molecule has 0 fully saturated rings. The van der Waals surface area contributed by atoms with Crippen molar-refractivity contribution in [3.05, 3.63) is 84.1 Å². The molecular weight excluding hydrogens is 641 g/mol. The van der Waals surface area contributed by atoms with Crippen LogP contribution >= 0.6 is 7.37 Å². The Labute approximate surface area is 287 Å². The van der Waals surface area contributed by atoms with E-state index in [1.807, 2.05) is 80.6 Å². The SMILES string of the molecule is CN[C@@H](CCCCN)C(=O)NC(Cc1ccc2ccccc2c1)P(=O)(O)CC(CC(C)C)C(=O)N[C@@H](Cc1c[nH]c2ccccc12)C(=O)O. The first kappa shape index (κ1) is 37.8. The number of amides is 2. The number of rotatable bonds is 19. The molecule has 0 saturated heterocycles. The van der Waals surface area contributed by atoms with Gasteiger partial charge in [0.2, 0.25) is 19.2 Å². The fourth-order valence-electron chi connectivity index (χ4n) is 6.33. The zero-order valence-corrected chi connectivity index (χ0v) is 29.4. The Balaban J connectivity index is 1.59. The standard InChI is InChI=1S/C37H50N5O6P/c1-24(2)18-29(35(43)41-33(37(45)46)21-28-22-40-31-13-7-6-12-30(28)31)23-49(47,48)34(42-36(44)32(39-3)14-8-9-17-38)20-25-15-16-26-10-4-5-11-27(26)19-25/h4-7,10-13,15-16,19,22,24,29,32-34,39-40H,8-9,14,17-18,20-21,23,38H2,1-3H3,(H,41,43)(H,42,44)(H,45,46)(H,47,48)/t29?,32-,33-,34?/m0/s1. The van der Waals surface area contributed by atoms with Crippen molar-refractivity contribution in [3.63, 3.8) is 0 Å². The van der Waals surface area contributed by atoms with Crippen LogP contribution in [-0.2, 0) is 31.8 Å². The third kappa shape index (κ3) is 10.5. The summed E-state index contributed by atoms with van der Waals surface area (Å²) in [6.45, 7) is 4.30. The van der Waals surface area contributed by atoms with Gasteiger partial charge < -0.3 is 36.7 Å². The zero-order chi connectivity index (χ0) is 35.6. The first-order valence-electron chi connectivity index (χ1n) is 17.0. The number of aromatic amines is 1. The van der Waals surface area contributed by atoms with Crippen molar-refractivity contribution in [1.29, 1.82) is 0 Å². The van der Waals surface area contributed by atoms with Crippen molar-refractivity contribution in [1.82, 2.24) is 20.9 Å². The fraction of sp³-hybridized carbons (Fsp3) is 0.432. The highest BCUT2D eigenvalue weighted by Crippen LogP contribution is 2.49. The van der Waals surface area contributed by atoms with Gasteiger partial charge in [-0.3, -0.25) is 14.2 Å². The molecule has 3 unspecified atom stereocenters. The van der Waals surface area contributed by atoms with Crippen molar-refractivity contribution in [2.75, 3.05) is 19.8 Å². The number of aromatic nitrogens is 1. The summed E-state index contributed by atoms with van der Waals surface area (Å²) >= 11 is 0. The molecule has 8 N–H and O–H groups in total. The highest BCUT2D eigenvalue weighted by atomic mass is 31.2. The van der Waals surface area contributed by atoms with Crippen molar-refractivity contribution >= 4 is 46.8 Å². The fourth-order valence-corrected chi connectivity index (χ4v) is 8.36. The van der Waals surface area contributed by atoms with Crippen LogP contribution in [0.4, 0.5) is 0 Å². The summed E-state index contributed by atoms with van der Waals surface area (Å²) in [7, 11) is -2.61. The van der Waals surface area contributed by atoms with E-state index in [0.29, 0.717) is 19.4 Å². The Hall–Kier alpha value is -4.02. The van der Waals surface area contributed by atoms with Gasteiger partial charge in [0, 0.05) is 42.0 Å². The van der Waals surface area contributed by atoms with Crippen LogP contribution in [0.2, 0.25) is 0 Å². The molecule has 4 rings (SSSR count). The van der Waals surface area contributed by atoms with Crippen molar-refractivity contribution < 1.29 is 28.9 Å². The van der Waals surface area contributed by atoms with Crippen LogP contribution in [0.1, 0.15) is 50.7 Å². The predicted octanol–water partition coefficient (Wildman–Crippen LogP) is 4.77. The van der Waals surface area contributed by atoms with E-state index in [1.54, 1.807) is 13.2 Å². The van der Waals surface area contributed by atoms with E-state index in [2.05, 4.69) is 20.9 Å². The van der Waals surface area contributed by atoms with Gasteiger partial charge in [0.25, 0.3) is 0 Å². The molecule has 0 aliphatic rings. The van der Waals surface area contributed by atoms with E-state index >= 15 is 0 Å². The summed E-state index contributed by atoms with van der Waals surface area (Å²) in [4.78, 5) is 54.5. The minimum absolute atomic E-state index is 0.0302. The van der Waals surface area contributed by atoms with Gasteiger partial charge in [-0.25, -0.2) is 4.79 Å². The number of para-hydroxylation sites is 1. The Morgan fingerprint density at radius 2 is 1.61 bits per heavy atom. The summed E-state index contributed by atoms with van der Waals surface area (Å²) in [5.41, 5.74) is 8.00. The number of carbonyl (C=O) groups excluding carboxylic acids is 2. The lowest BCUT2D eigenvalue weighted by atomic mass is 9.97. The van der Waals surface area contributed by atoms with Crippen LogP contribution in [-0.4, -0.2) is 70.4 Å². The number of hydrogen-bond acceptors (Lipinski definition) is 6. The van der Waals surface area contributed by atoms with Gasteiger partial charge >= 0.3 is 5.97 Å². The van der Waals surface area contributed by atoms with Gasteiger partial charge in [0.15, 0.2) is 0 Å². The number of carbonyl (C=O) groups is 3. The molecule has 264 valence electrons. The van der Waals surface area contributed by atoms with Gasteiger partial charge in [-0.1, -0.05) is 80.9 Å². The van der Waals surface area contributed by atoms with E-state index in [-0.39, 0.29) is 25.2 Å². The Morgan fingerprint density at radius 1 is 0.898 bits per heavy atom. The number of benzene rings is 3. The molecule has 11 nitrogen and oxygen atoms in total. The summed E-state index contributed by atoms with van der Waals surface area (Å²) < 4.78 is 14.4. The Morgan fingerprint density at radius 3 is 2.31 bits per heavy atom. The second-order valence-electron chi connectivity index (χ2n) is 13.3. The molecule has 0 spiro atoms. The van der Waals surface area contributed by atoms with Crippen LogP contribution in [0.3, 0.4) is 0 Å². The molecule has 0 saturated carbocycles. The highest BCUT2D eigenvalue weighted by Gasteiger charge is 2.39. The number of carboxylic acid groups (broad SMARTS) is 1. The van der Waals surface area contributed by atoms with Gasteiger partial charge in [0.05, 0.1) is 6.04 Å². The molecule has 0 radical (unpaired) electrons. The number of carboxylic acids is 1. The molecule has 12 heteroatoms. The molecular formula is C37H50N5O6P. The number of unbranched alkanes of at least 4 members (excludes halogenated alkanes) is 1. The van der Waals surface area contributed by atoms with Crippen LogP contribution in [0.5, 0.6) is 0 Å². The lowest BCUT2D eigenvalue weighted by Crippen LogP contribution is -2.49. The smallest absolute Gasteiger partial charge is 0.326 e. The number of aliphatic carboxylic acids is 1. The zero-order valence-electron chi connectivity index (χ0n) is 28.5. The molecule has 49 heavy (non-hydrogen) atoms. The average Bonchev–Trinajstić information content (AvgIpc) is 3.48. The minimum atomic E-state index is -4.28. The minimum Gasteiger partial charge on any atom is -0.480 e. The number of nitrogens with two attached hydrogens (primary N) is 1. The summed E-state index contributed by atoms with van der Waals surface area (Å²) in [6.07, 6.45) is 3.62. The topological polar surface area (TPSA) is 187 Å². The highest BCUT2D eigenvalue weighted by molar-refractivity contribution is 7.58. The second kappa shape index (κ2) is 17.6. The van der Waals surface area contributed by atoms with E-state index in [9.17, 15) is 28.9 Å². The van der Waals surface area contributed by atoms with Crippen LogP contribution in [0, 0.1) is 11.8 Å². The van der Waals surface area contributed by atoms with E-state index < -0.39 is 55.1 Å². The van der Waals surface area contributed by atoms with Crippen LogP contribution in [0.15, 0.2) is 72.9 Å². The molecule has 0 aliphatic carbocycles. The number of fused-ring (bicyclic) bond motifs is 2. The third-order valence-electron chi connectivity index (χ3n) is 8.97. The summed E-state index contributed by atoms with van der Waals surface area (Å²) in [5.74, 6) is -4.41. The van der Waals surface area contributed by atoms with Crippen LogP contribution in [0.25, 0.3) is 21.7 Å². The monoisotopic (exact) mass is 691 g/mol. The van der Waals surface area contributed by atoms with Crippen molar-refractivity contribution in [2.24, 2.45) is 17.6 Å². The predicted molar refractivity (Wildman–Crippen MR) is 195 cm³/mol.